The zero-order valence-corrected chi connectivity index (χ0v) is 13.6. The third-order valence-corrected chi connectivity index (χ3v) is 5.35. The van der Waals surface area contributed by atoms with Crippen molar-refractivity contribution in [3.63, 3.8) is 0 Å². The van der Waals surface area contributed by atoms with Crippen LogP contribution in [0.15, 0.2) is 30.6 Å². The van der Waals surface area contributed by atoms with Gasteiger partial charge in [0.1, 0.15) is 11.3 Å². The van der Waals surface area contributed by atoms with Crippen LogP contribution in [0.1, 0.15) is 39.7 Å². The first-order valence-corrected chi connectivity index (χ1v) is 8.52. The van der Waals surface area contributed by atoms with Crippen molar-refractivity contribution in [3.05, 3.63) is 46.7 Å². The molecular weight excluding hydrogens is 324 g/mol. The van der Waals surface area contributed by atoms with Crippen molar-refractivity contribution >= 4 is 22.2 Å². The zero-order chi connectivity index (χ0) is 16.5. The lowest BCUT2D eigenvalue weighted by Crippen LogP contribution is -2.37. The van der Waals surface area contributed by atoms with Crippen molar-refractivity contribution in [2.24, 2.45) is 0 Å². The van der Waals surface area contributed by atoms with E-state index in [0.717, 1.165) is 22.8 Å². The third kappa shape index (κ3) is 2.63. The Morgan fingerprint density at radius 2 is 2.17 bits per heavy atom. The van der Waals surface area contributed by atoms with Gasteiger partial charge in [0.05, 0.1) is 11.6 Å². The number of piperidine rings is 1. The van der Waals surface area contributed by atoms with E-state index < -0.39 is 0 Å². The lowest BCUT2D eigenvalue weighted by molar-refractivity contribution is 0.0712. The molecule has 0 aliphatic carbocycles. The van der Waals surface area contributed by atoms with Gasteiger partial charge < -0.3 is 4.90 Å². The maximum Gasteiger partial charge on any atom is 0.253 e. The Kier molecular flexibility index (Phi) is 3.70. The first-order chi connectivity index (χ1) is 11.7. The molecule has 3 aromatic rings. The van der Waals surface area contributed by atoms with E-state index in [2.05, 4.69) is 21.4 Å². The van der Waals surface area contributed by atoms with Crippen molar-refractivity contribution in [2.75, 3.05) is 13.1 Å². The number of fused-ring (bicyclic) bond motifs is 1. The number of nitrogens with zero attached hydrogens (tertiary/aromatic N) is 6. The number of aromatic nitrogens is 4. The summed E-state index contributed by atoms with van der Waals surface area (Å²) < 4.78 is 1.70. The van der Waals surface area contributed by atoms with Crippen LogP contribution in [0.5, 0.6) is 0 Å². The smallest absolute Gasteiger partial charge is 0.253 e. The van der Waals surface area contributed by atoms with Crippen LogP contribution in [0, 0.1) is 11.3 Å². The molecule has 1 aromatic carbocycles. The second-order valence-electron chi connectivity index (χ2n) is 5.76. The normalized spacial score (nSPS) is 15.5. The second kappa shape index (κ2) is 6.02. The molecule has 0 radical (unpaired) electrons. The van der Waals surface area contributed by atoms with Crippen LogP contribution in [0.25, 0.3) is 4.96 Å². The summed E-state index contributed by atoms with van der Waals surface area (Å²) in [6.45, 7) is 1.39. The van der Waals surface area contributed by atoms with Crippen molar-refractivity contribution in [3.8, 4) is 6.07 Å². The van der Waals surface area contributed by atoms with E-state index in [9.17, 15) is 4.79 Å². The number of carbonyl (C=O) groups excluding carboxylic acids is 1. The number of amides is 1. The average Bonchev–Trinajstić information content (AvgIpc) is 3.23. The molecule has 0 saturated carbocycles. The summed E-state index contributed by atoms with van der Waals surface area (Å²) in [4.78, 5) is 15.2. The van der Waals surface area contributed by atoms with Gasteiger partial charge in [0.2, 0.25) is 4.96 Å². The molecular formula is C16H14N6OS. The quantitative estimate of drug-likeness (QED) is 0.714. The molecule has 1 aliphatic heterocycles. The minimum atomic E-state index is -0.0105. The van der Waals surface area contributed by atoms with Gasteiger partial charge >= 0.3 is 0 Å². The van der Waals surface area contributed by atoms with Crippen molar-refractivity contribution in [2.45, 2.75) is 18.8 Å². The summed E-state index contributed by atoms with van der Waals surface area (Å²) in [5, 5.41) is 22.4. The summed E-state index contributed by atoms with van der Waals surface area (Å²) in [5.74, 6) is 0.342. The summed E-state index contributed by atoms with van der Waals surface area (Å²) >= 11 is 1.56. The average molecular weight is 338 g/mol. The Morgan fingerprint density at radius 1 is 1.33 bits per heavy atom. The number of benzene rings is 1. The summed E-state index contributed by atoms with van der Waals surface area (Å²) in [6.07, 6.45) is 3.37. The standard InChI is InChI=1S/C16H14N6OS/c17-9-11-2-1-3-13(8-11)15(23)21-6-4-12(5-7-21)14-20-22-10-18-19-16(22)24-14/h1-3,8,10,12H,4-7H2. The van der Waals surface area contributed by atoms with Crippen molar-refractivity contribution in [1.29, 1.82) is 5.26 Å². The highest BCUT2D eigenvalue weighted by Gasteiger charge is 2.27. The predicted molar refractivity (Wildman–Crippen MR) is 87.7 cm³/mol. The Hall–Kier alpha value is -2.79. The molecule has 0 unspecified atom stereocenters. The topological polar surface area (TPSA) is 87.2 Å². The molecule has 7 nitrogen and oxygen atoms in total. The van der Waals surface area contributed by atoms with Gasteiger partial charge in [-0.05, 0) is 31.0 Å². The zero-order valence-electron chi connectivity index (χ0n) is 12.8. The first kappa shape index (κ1) is 14.8. The monoisotopic (exact) mass is 338 g/mol. The number of rotatable bonds is 2. The molecule has 0 spiro atoms. The van der Waals surface area contributed by atoms with E-state index in [1.165, 1.54) is 0 Å². The van der Waals surface area contributed by atoms with E-state index in [1.54, 1.807) is 46.4 Å². The Labute approximate surface area is 142 Å². The van der Waals surface area contributed by atoms with Crippen LogP contribution >= 0.6 is 11.3 Å². The van der Waals surface area contributed by atoms with Crippen LogP contribution in [-0.4, -0.2) is 43.7 Å². The van der Waals surface area contributed by atoms with Gasteiger partial charge in [-0.2, -0.15) is 14.9 Å². The maximum absolute atomic E-state index is 12.6. The minimum absolute atomic E-state index is 0.0105. The van der Waals surface area contributed by atoms with Gasteiger partial charge in [-0.25, -0.2) is 0 Å². The minimum Gasteiger partial charge on any atom is -0.339 e. The van der Waals surface area contributed by atoms with Crippen LogP contribution < -0.4 is 0 Å². The van der Waals surface area contributed by atoms with E-state index in [4.69, 9.17) is 5.26 Å². The molecule has 0 N–H and O–H groups in total. The molecule has 8 heteroatoms. The fourth-order valence-corrected chi connectivity index (χ4v) is 3.96. The maximum atomic E-state index is 12.6. The Balaban J connectivity index is 1.44. The van der Waals surface area contributed by atoms with Crippen LogP contribution in [0.4, 0.5) is 0 Å². The van der Waals surface area contributed by atoms with Crippen molar-refractivity contribution < 1.29 is 4.79 Å². The van der Waals surface area contributed by atoms with Gasteiger partial charge in [-0.1, -0.05) is 17.4 Å². The number of hydrogen-bond acceptors (Lipinski definition) is 6. The Bertz CT molecular complexity index is 903. The van der Waals surface area contributed by atoms with Crippen LogP contribution in [0.3, 0.4) is 0 Å². The molecule has 120 valence electrons. The molecule has 1 aliphatic rings. The largest absolute Gasteiger partial charge is 0.339 e. The third-order valence-electron chi connectivity index (χ3n) is 4.27. The van der Waals surface area contributed by atoms with Gasteiger partial charge in [0.15, 0.2) is 0 Å². The highest BCUT2D eigenvalue weighted by molar-refractivity contribution is 7.16. The van der Waals surface area contributed by atoms with Gasteiger partial charge in [-0.3, -0.25) is 4.79 Å². The van der Waals surface area contributed by atoms with Gasteiger partial charge in [0, 0.05) is 24.6 Å². The lowest BCUT2D eigenvalue weighted by atomic mass is 9.97. The Morgan fingerprint density at radius 3 is 2.92 bits per heavy atom. The summed E-state index contributed by atoms with van der Waals surface area (Å²) in [5.41, 5.74) is 1.08. The first-order valence-electron chi connectivity index (χ1n) is 7.71. The molecule has 1 fully saturated rings. The highest BCUT2D eigenvalue weighted by atomic mass is 32.1. The number of likely N-dealkylation sites (tertiary alicyclic amines) is 1. The molecule has 2 aromatic heterocycles. The highest BCUT2D eigenvalue weighted by Crippen LogP contribution is 2.31. The van der Waals surface area contributed by atoms with Crippen LogP contribution in [0.2, 0.25) is 0 Å². The second-order valence-corrected chi connectivity index (χ2v) is 6.75. The van der Waals surface area contributed by atoms with Crippen LogP contribution in [-0.2, 0) is 0 Å². The SMILES string of the molecule is N#Cc1cccc(C(=O)N2CCC(c3nn4cnnc4s3)CC2)c1. The molecule has 4 rings (SSSR count). The molecule has 1 amide bonds. The van der Waals surface area contributed by atoms with Gasteiger partial charge in [0.25, 0.3) is 5.91 Å². The molecule has 0 atom stereocenters. The molecule has 24 heavy (non-hydrogen) atoms. The van der Waals surface area contributed by atoms with Crippen molar-refractivity contribution in [1.82, 2.24) is 24.7 Å². The van der Waals surface area contributed by atoms with E-state index in [-0.39, 0.29) is 5.91 Å². The number of nitriles is 1. The summed E-state index contributed by atoms with van der Waals surface area (Å²) in [7, 11) is 0. The fourth-order valence-electron chi connectivity index (χ4n) is 2.97. The van der Waals surface area contributed by atoms with E-state index >= 15 is 0 Å². The molecule has 1 saturated heterocycles. The summed E-state index contributed by atoms with van der Waals surface area (Å²) in [6, 6.07) is 8.94. The van der Waals surface area contributed by atoms with E-state index in [1.807, 2.05) is 4.90 Å². The number of hydrogen-bond donors (Lipinski definition) is 0. The lowest BCUT2D eigenvalue weighted by Gasteiger charge is -2.31. The predicted octanol–water partition coefficient (Wildman–Crippen LogP) is 2.08. The van der Waals surface area contributed by atoms with Gasteiger partial charge in [-0.15, -0.1) is 10.2 Å². The number of carbonyl (C=O) groups is 1. The molecule has 0 bridgehead atoms. The molecule has 3 heterocycles. The van der Waals surface area contributed by atoms with E-state index in [0.29, 0.717) is 30.1 Å². The fraction of sp³-hybridized carbons (Fsp3) is 0.312.